The van der Waals surface area contributed by atoms with Crippen LogP contribution in [0.4, 0.5) is 0 Å². The molecule has 0 aliphatic rings. The second kappa shape index (κ2) is 6.37. The van der Waals surface area contributed by atoms with E-state index in [1.54, 1.807) is 30.3 Å². The molecule has 0 fully saturated rings. The van der Waals surface area contributed by atoms with Gasteiger partial charge in [-0.25, -0.2) is 0 Å². The molecule has 24 heavy (non-hydrogen) atoms. The maximum atomic E-state index is 12.8. The number of benzene rings is 2. The Labute approximate surface area is 142 Å². The number of hydrogen-bond donors (Lipinski definition) is 0. The summed E-state index contributed by atoms with van der Waals surface area (Å²) in [6, 6.07) is 8.13. The number of ether oxygens (including phenoxy) is 3. The Morgan fingerprint density at radius 1 is 1.04 bits per heavy atom. The Bertz CT molecular complexity index is 898. The van der Waals surface area contributed by atoms with E-state index < -0.39 is 0 Å². The lowest BCUT2D eigenvalue weighted by atomic mass is 10.1. The van der Waals surface area contributed by atoms with Crippen LogP contribution in [0.5, 0.6) is 17.2 Å². The van der Waals surface area contributed by atoms with E-state index in [2.05, 4.69) is 10.3 Å². The summed E-state index contributed by atoms with van der Waals surface area (Å²) in [6.07, 6.45) is 0. The van der Waals surface area contributed by atoms with Gasteiger partial charge in [0.15, 0.2) is 11.5 Å². The summed E-state index contributed by atoms with van der Waals surface area (Å²) in [5.41, 5.74) is 1.40. The van der Waals surface area contributed by atoms with Crippen molar-refractivity contribution in [3.63, 3.8) is 0 Å². The van der Waals surface area contributed by atoms with Gasteiger partial charge in [-0.2, -0.15) is 4.68 Å². The molecule has 0 unspecified atom stereocenters. The average Bonchev–Trinajstić information content (AvgIpc) is 3.02. The lowest BCUT2D eigenvalue weighted by molar-refractivity contribution is 0.0947. The highest BCUT2D eigenvalue weighted by Crippen LogP contribution is 2.38. The number of hydrogen-bond acceptors (Lipinski definition) is 6. The lowest BCUT2D eigenvalue weighted by Crippen LogP contribution is -2.14. The minimum absolute atomic E-state index is 0.316. The molecule has 0 saturated heterocycles. The smallest absolute Gasteiger partial charge is 0.280 e. The molecule has 3 aromatic rings. The number of aromatic nitrogens is 3. The highest BCUT2D eigenvalue weighted by molar-refractivity contribution is 6.31. The fraction of sp³-hybridized carbons (Fsp3) is 0.188. The maximum absolute atomic E-state index is 12.8. The van der Waals surface area contributed by atoms with Crippen molar-refractivity contribution < 1.29 is 19.0 Å². The van der Waals surface area contributed by atoms with Crippen molar-refractivity contribution in [3.05, 3.63) is 40.9 Å². The van der Waals surface area contributed by atoms with Crippen LogP contribution in [0.2, 0.25) is 5.02 Å². The number of nitrogens with zero attached hydrogens (tertiary/aromatic N) is 3. The van der Waals surface area contributed by atoms with Crippen LogP contribution in [0.25, 0.3) is 11.0 Å². The fourth-order valence-electron chi connectivity index (χ4n) is 2.37. The third-order valence-corrected chi connectivity index (χ3v) is 3.75. The molecule has 0 N–H and O–H groups in total. The standard InChI is InChI=1S/C16H14ClN3O4/c1-22-13-6-9(7-14(23-2)15(13)24-3)16(21)20-12-8-10(17)4-5-11(12)18-19-20/h4-8H,1-3H3. The monoisotopic (exact) mass is 347 g/mol. The Morgan fingerprint density at radius 2 is 1.71 bits per heavy atom. The predicted octanol–water partition coefficient (Wildman–Crippen LogP) is 2.80. The number of rotatable bonds is 4. The molecule has 0 bridgehead atoms. The van der Waals surface area contributed by atoms with Crippen molar-refractivity contribution in [2.24, 2.45) is 0 Å². The summed E-state index contributed by atoms with van der Waals surface area (Å²) in [5, 5.41) is 8.37. The molecule has 0 spiro atoms. The van der Waals surface area contributed by atoms with Crippen LogP contribution in [-0.2, 0) is 0 Å². The van der Waals surface area contributed by atoms with Gasteiger partial charge < -0.3 is 14.2 Å². The Balaban J connectivity index is 2.13. The fourth-order valence-corrected chi connectivity index (χ4v) is 2.54. The average molecular weight is 348 g/mol. The van der Waals surface area contributed by atoms with Gasteiger partial charge in [0.25, 0.3) is 5.91 Å². The molecule has 0 aliphatic heterocycles. The number of carbonyl (C=O) groups is 1. The van der Waals surface area contributed by atoms with E-state index in [1.807, 2.05) is 0 Å². The number of methoxy groups -OCH3 is 3. The molecule has 2 aromatic carbocycles. The SMILES string of the molecule is COc1cc(C(=O)n2nnc3ccc(Cl)cc32)cc(OC)c1OC. The summed E-state index contributed by atoms with van der Waals surface area (Å²) < 4.78 is 17.0. The van der Waals surface area contributed by atoms with E-state index in [0.717, 1.165) is 0 Å². The van der Waals surface area contributed by atoms with E-state index in [0.29, 0.717) is 38.9 Å². The first-order chi connectivity index (χ1) is 11.6. The van der Waals surface area contributed by atoms with Crippen LogP contribution in [0.3, 0.4) is 0 Å². The van der Waals surface area contributed by atoms with Gasteiger partial charge >= 0.3 is 0 Å². The molecule has 0 amide bonds. The molecular formula is C16H14ClN3O4. The van der Waals surface area contributed by atoms with Gasteiger partial charge in [-0.3, -0.25) is 4.79 Å². The van der Waals surface area contributed by atoms with Gasteiger partial charge in [0.2, 0.25) is 5.75 Å². The van der Waals surface area contributed by atoms with E-state index in [9.17, 15) is 4.79 Å². The number of halogens is 1. The van der Waals surface area contributed by atoms with Crippen LogP contribution >= 0.6 is 11.6 Å². The van der Waals surface area contributed by atoms with Gasteiger partial charge in [-0.05, 0) is 30.3 Å². The van der Waals surface area contributed by atoms with Crippen LogP contribution in [-0.4, -0.2) is 42.2 Å². The van der Waals surface area contributed by atoms with Crippen molar-refractivity contribution in [3.8, 4) is 17.2 Å². The van der Waals surface area contributed by atoms with Crippen LogP contribution in [0.1, 0.15) is 10.4 Å². The summed E-state index contributed by atoms with van der Waals surface area (Å²) >= 11 is 6.00. The summed E-state index contributed by atoms with van der Waals surface area (Å²) in [5.74, 6) is 0.771. The first-order valence-electron chi connectivity index (χ1n) is 6.94. The van der Waals surface area contributed by atoms with Gasteiger partial charge in [-0.1, -0.05) is 16.8 Å². The highest BCUT2D eigenvalue weighted by atomic mass is 35.5. The molecule has 8 heteroatoms. The zero-order valence-electron chi connectivity index (χ0n) is 13.2. The molecule has 0 radical (unpaired) electrons. The second-order valence-electron chi connectivity index (χ2n) is 4.85. The zero-order chi connectivity index (χ0) is 17.3. The van der Waals surface area contributed by atoms with Crippen molar-refractivity contribution in [2.45, 2.75) is 0 Å². The summed E-state index contributed by atoms with van der Waals surface area (Å²) in [6.45, 7) is 0. The number of fused-ring (bicyclic) bond motifs is 1. The third-order valence-electron chi connectivity index (χ3n) is 3.51. The zero-order valence-corrected chi connectivity index (χ0v) is 14.0. The topological polar surface area (TPSA) is 75.5 Å². The third kappa shape index (κ3) is 2.63. The summed E-state index contributed by atoms with van der Waals surface area (Å²) in [4.78, 5) is 12.8. The maximum Gasteiger partial charge on any atom is 0.280 e. The molecule has 3 rings (SSSR count). The van der Waals surface area contributed by atoms with Crippen molar-refractivity contribution >= 4 is 28.5 Å². The highest BCUT2D eigenvalue weighted by Gasteiger charge is 2.20. The second-order valence-corrected chi connectivity index (χ2v) is 5.29. The largest absolute Gasteiger partial charge is 0.493 e. The molecule has 7 nitrogen and oxygen atoms in total. The predicted molar refractivity (Wildman–Crippen MR) is 88.4 cm³/mol. The van der Waals surface area contributed by atoms with Gasteiger partial charge in [0.1, 0.15) is 5.52 Å². The molecule has 0 atom stereocenters. The first kappa shape index (κ1) is 16.1. The Morgan fingerprint density at radius 3 is 2.29 bits per heavy atom. The number of carbonyl (C=O) groups excluding carboxylic acids is 1. The van der Waals surface area contributed by atoms with E-state index >= 15 is 0 Å². The van der Waals surface area contributed by atoms with Crippen LogP contribution in [0.15, 0.2) is 30.3 Å². The van der Waals surface area contributed by atoms with Gasteiger partial charge in [0.05, 0.1) is 26.8 Å². The lowest BCUT2D eigenvalue weighted by Gasteiger charge is -2.13. The van der Waals surface area contributed by atoms with Crippen molar-refractivity contribution in [1.29, 1.82) is 0 Å². The minimum atomic E-state index is -0.390. The molecule has 0 saturated carbocycles. The molecule has 0 aliphatic carbocycles. The van der Waals surface area contributed by atoms with E-state index in [1.165, 1.54) is 26.0 Å². The van der Waals surface area contributed by atoms with Gasteiger partial charge in [0, 0.05) is 10.6 Å². The van der Waals surface area contributed by atoms with Crippen LogP contribution < -0.4 is 14.2 Å². The first-order valence-corrected chi connectivity index (χ1v) is 7.32. The quantitative estimate of drug-likeness (QED) is 0.722. The van der Waals surface area contributed by atoms with E-state index in [-0.39, 0.29) is 5.91 Å². The van der Waals surface area contributed by atoms with Gasteiger partial charge in [-0.15, -0.1) is 5.10 Å². The van der Waals surface area contributed by atoms with Crippen molar-refractivity contribution in [2.75, 3.05) is 21.3 Å². The molecular weight excluding hydrogens is 334 g/mol. The van der Waals surface area contributed by atoms with Crippen LogP contribution in [0, 0.1) is 0 Å². The summed E-state index contributed by atoms with van der Waals surface area (Å²) in [7, 11) is 4.46. The van der Waals surface area contributed by atoms with Crippen molar-refractivity contribution in [1.82, 2.24) is 15.0 Å². The molecule has 124 valence electrons. The minimum Gasteiger partial charge on any atom is -0.493 e. The molecule has 1 aromatic heterocycles. The molecule has 1 heterocycles. The Hall–Kier alpha value is -2.80. The normalized spacial score (nSPS) is 10.7. The Kier molecular flexibility index (Phi) is 4.26. The van der Waals surface area contributed by atoms with E-state index in [4.69, 9.17) is 25.8 Å².